The number of halogens is 10. The quantitative estimate of drug-likeness (QED) is 0.0245. The van der Waals surface area contributed by atoms with Crippen LogP contribution in [0.25, 0.3) is 0 Å². The first-order chi connectivity index (χ1) is 50.0. The molecule has 0 saturated heterocycles. The van der Waals surface area contributed by atoms with E-state index < -0.39 is 109 Å². The fourth-order valence-electron chi connectivity index (χ4n) is 8.95. The number of pyridine rings is 4. The molecule has 4 amide bonds. The first kappa shape index (κ1) is 79.7. The van der Waals surface area contributed by atoms with Crippen molar-refractivity contribution >= 4 is 156 Å². The lowest BCUT2D eigenvalue weighted by Gasteiger charge is -2.10. The first-order valence-corrected chi connectivity index (χ1v) is 38.3. The molecular weight excluding hydrogens is 1560 g/mol. The van der Waals surface area contributed by atoms with Crippen LogP contribution in [0.2, 0.25) is 20.1 Å². The minimum atomic E-state index is -4.01. The number of carbonyl (C=O) groups is 4. The molecule has 6 aromatic carbocycles. The van der Waals surface area contributed by atoms with Gasteiger partial charge in [-0.25, -0.2) is 71.2 Å². The molecule has 0 unspecified atom stereocenters. The number of nitrogens with one attached hydrogen (secondary N) is 8. The van der Waals surface area contributed by atoms with Crippen LogP contribution in [-0.2, 0) is 45.8 Å². The number of aromatic nitrogens is 4. The average Bonchev–Trinajstić information content (AvgIpc) is 1.48. The number of carbonyl (C=O) groups excluding carboxylic acids is 4. The summed E-state index contributed by atoms with van der Waals surface area (Å²) in [4.78, 5) is 64.2. The molecule has 0 aliphatic heterocycles. The van der Waals surface area contributed by atoms with Crippen molar-refractivity contribution in [3.63, 3.8) is 0 Å². The Kier molecular flexibility index (Phi) is 26.0. The molecule has 4 heterocycles. The van der Waals surface area contributed by atoms with E-state index in [1.165, 1.54) is 103 Å². The van der Waals surface area contributed by atoms with Crippen LogP contribution in [0.15, 0.2) is 193 Å². The number of amides is 4. The molecule has 0 spiro atoms. The van der Waals surface area contributed by atoms with Crippen molar-refractivity contribution in [2.24, 2.45) is 0 Å². The van der Waals surface area contributed by atoms with E-state index in [0.29, 0.717) is 48.3 Å². The van der Waals surface area contributed by atoms with Gasteiger partial charge in [-0.3, -0.25) is 38.1 Å². The van der Waals surface area contributed by atoms with Crippen LogP contribution in [0.1, 0.15) is 78.4 Å². The van der Waals surface area contributed by atoms with Gasteiger partial charge in [-0.15, -0.1) is 0 Å². The maximum atomic E-state index is 13.8. The predicted octanol–water partition coefficient (Wildman–Crippen LogP) is 14.6. The molecule has 8 N–H and O–H groups in total. The van der Waals surface area contributed by atoms with Crippen LogP contribution in [-0.4, -0.2) is 87.7 Å². The van der Waals surface area contributed by atoms with Gasteiger partial charge in [0.25, 0.3) is 33.7 Å². The second-order valence-electron chi connectivity index (χ2n) is 22.7. The van der Waals surface area contributed by atoms with E-state index in [2.05, 4.69) is 60.1 Å². The number of hydrogen-bond acceptors (Lipinski definition) is 16. The fourth-order valence-corrected chi connectivity index (χ4v) is 14.5. The van der Waals surface area contributed by atoms with Crippen LogP contribution < -0.4 is 40.2 Å². The number of benzene rings is 6. The number of nitrogens with zero attached hydrogens (tertiary/aromatic N) is 4. The van der Waals surface area contributed by atoms with Gasteiger partial charge in [0.15, 0.2) is 0 Å². The third-order valence-corrected chi connectivity index (χ3v) is 21.7. The number of hydrogen-bond donors (Lipinski definition) is 8. The van der Waals surface area contributed by atoms with Gasteiger partial charge in [0, 0.05) is 69.0 Å². The molecule has 2 aliphatic carbocycles. The molecule has 12 rings (SSSR count). The van der Waals surface area contributed by atoms with E-state index in [9.17, 15) is 79.2 Å². The maximum Gasteiger partial charge on any atom is 0.263 e. The third-order valence-electron chi connectivity index (χ3n) is 14.2. The normalized spacial score (nSPS) is 12.6. The van der Waals surface area contributed by atoms with E-state index >= 15 is 0 Å². The highest BCUT2D eigenvalue weighted by Crippen LogP contribution is 2.32. The molecule has 10 aromatic rings. The Morgan fingerprint density at radius 2 is 0.745 bits per heavy atom. The zero-order chi connectivity index (χ0) is 76.8. The maximum absolute atomic E-state index is 13.8. The summed E-state index contributed by atoms with van der Waals surface area (Å²) in [5.41, 5.74) is 2.17. The second-order valence-corrected chi connectivity index (χ2v) is 31.7. The van der Waals surface area contributed by atoms with Crippen LogP contribution in [0, 0.1) is 42.1 Å². The lowest BCUT2D eigenvalue weighted by molar-refractivity contribution is 0.101. The van der Waals surface area contributed by atoms with Crippen LogP contribution in [0.4, 0.5) is 72.4 Å². The Morgan fingerprint density at radius 3 is 1.13 bits per heavy atom. The van der Waals surface area contributed by atoms with Crippen molar-refractivity contribution in [1.82, 2.24) is 19.9 Å². The summed E-state index contributed by atoms with van der Waals surface area (Å²) in [6.45, 7) is 1.65. The fraction of sp³-hybridized carbons (Fsp3) is 0.118. The van der Waals surface area contributed by atoms with E-state index in [0.717, 1.165) is 48.5 Å². The number of sulfonamides is 4. The lowest BCUT2D eigenvalue weighted by atomic mass is 10.2. The van der Waals surface area contributed by atoms with E-state index in [1.54, 1.807) is 43.3 Å². The molecule has 0 atom stereocenters. The van der Waals surface area contributed by atoms with Crippen molar-refractivity contribution in [1.29, 1.82) is 0 Å². The molecule has 24 nitrogen and oxygen atoms in total. The molecule has 0 radical (unpaired) electrons. The summed E-state index contributed by atoms with van der Waals surface area (Å²) >= 11 is 22.7. The largest absolute Gasteiger partial charge is 0.322 e. The van der Waals surface area contributed by atoms with Crippen molar-refractivity contribution in [2.75, 3.05) is 40.2 Å². The topological polar surface area (TPSA) is 353 Å². The van der Waals surface area contributed by atoms with E-state index in [-0.39, 0.29) is 87.6 Å². The zero-order valence-corrected chi connectivity index (χ0v) is 60.5. The summed E-state index contributed by atoms with van der Waals surface area (Å²) in [5.74, 6) is -7.83. The molecular formula is C68H54Cl4F6N12O12S4. The Balaban J connectivity index is 0.000000164. The Morgan fingerprint density at radius 1 is 0.396 bits per heavy atom. The second kappa shape index (κ2) is 34.6. The van der Waals surface area contributed by atoms with Gasteiger partial charge in [-0.2, -0.15) is 8.78 Å². The van der Waals surface area contributed by atoms with Gasteiger partial charge >= 0.3 is 0 Å². The van der Waals surface area contributed by atoms with Gasteiger partial charge < -0.3 is 21.3 Å². The van der Waals surface area contributed by atoms with Crippen molar-refractivity contribution in [3.05, 3.63) is 277 Å². The Hall–Kier alpha value is -10.5. The van der Waals surface area contributed by atoms with Crippen LogP contribution >= 0.6 is 46.4 Å². The average molecular weight is 1620 g/mol. The minimum absolute atomic E-state index is 0.0146. The number of anilines is 8. The van der Waals surface area contributed by atoms with Gasteiger partial charge in [-0.05, 0) is 159 Å². The third kappa shape index (κ3) is 23.5. The number of aryl methyl sites for hydroxylation is 1. The molecule has 38 heteroatoms. The monoisotopic (exact) mass is 1610 g/mol. The van der Waals surface area contributed by atoms with Gasteiger partial charge in [-0.1, -0.05) is 94.9 Å². The molecule has 0 bridgehead atoms. The molecule has 4 aromatic heterocycles. The summed E-state index contributed by atoms with van der Waals surface area (Å²) in [6.07, 6.45) is 3.62. The Bertz CT molecular complexity index is 5330. The molecule has 552 valence electrons. The highest BCUT2D eigenvalue weighted by atomic mass is 35.5. The molecule has 2 saturated carbocycles. The lowest BCUT2D eigenvalue weighted by Crippen LogP contribution is -2.19. The van der Waals surface area contributed by atoms with Gasteiger partial charge in [0.05, 0.1) is 41.2 Å². The van der Waals surface area contributed by atoms with Crippen LogP contribution in [0.5, 0.6) is 0 Å². The summed E-state index contributed by atoms with van der Waals surface area (Å²) < 4.78 is 186. The molecule has 106 heavy (non-hydrogen) atoms. The van der Waals surface area contributed by atoms with Crippen molar-refractivity contribution < 1.29 is 79.2 Å². The molecule has 2 fully saturated rings. The van der Waals surface area contributed by atoms with Crippen molar-refractivity contribution in [2.45, 2.75) is 53.8 Å². The highest BCUT2D eigenvalue weighted by molar-refractivity contribution is 7.94. The van der Waals surface area contributed by atoms with Gasteiger partial charge in [0.2, 0.25) is 42.0 Å². The summed E-state index contributed by atoms with van der Waals surface area (Å²) in [5, 5.41) is 8.45. The zero-order valence-electron chi connectivity index (χ0n) is 54.2. The van der Waals surface area contributed by atoms with Crippen molar-refractivity contribution in [3.8, 4) is 0 Å². The summed E-state index contributed by atoms with van der Waals surface area (Å²) in [6, 6.07) is 40.2. The minimum Gasteiger partial charge on any atom is -0.322 e. The highest BCUT2D eigenvalue weighted by Gasteiger charge is 2.37. The summed E-state index contributed by atoms with van der Waals surface area (Å²) in [7, 11) is -14.8. The van der Waals surface area contributed by atoms with E-state index in [4.69, 9.17) is 46.4 Å². The Labute approximate surface area is 622 Å². The standard InChI is InChI=1S/C19H15ClFN3O3S.C18H12ClF2N3O3S.C16H15ClFN3O3S.C15H12ClF2N3O3S/c20-16-11-15(6-7-17(16)21)23-19(25)14-8-9-22-18(10-14)24-28(26,27)12-13-4-2-1-3-5-13;19-14-10-12(6-7-15(14)20)22-18(25)11-8-16(21)23-17(9-11)24-28(26,27)13-4-2-1-3-5-13;1-9-6-10(7-15(19-9)21-25(23,24)12-3-4-12)16(22)20-11-2-5-14(18)13(17)8-11;16-11-7-9(1-4-12(11)17)19-15(22)8-5-13(18)20-14(6-8)21-25(23,24)10-2-3-10/h1-11H,12H2,(H,22,24)(H,23,25);1-10H,(H,22,25)(H,23,24);2,5-8,12H,3-4H2,1H3,(H,19,21)(H,20,22);1,4-7,10H,2-3H2,(H,19,22)(H,20,21). The smallest absolute Gasteiger partial charge is 0.263 e. The van der Waals surface area contributed by atoms with E-state index in [1.807, 2.05) is 0 Å². The number of rotatable bonds is 21. The van der Waals surface area contributed by atoms with Crippen LogP contribution in [0.3, 0.4) is 0 Å². The van der Waals surface area contributed by atoms with Gasteiger partial charge in [0.1, 0.15) is 46.5 Å². The SMILES string of the molecule is Cc1cc(C(=O)Nc2ccc(F)c(Cl)c2)cc(NS(=O)(=O)C2CC2)n1.O=C(Nc1ccc(F)c(Cl)c1)c1cc(F)nc(NS(=O)(=O)C2CC2)c1.O=C(Nc1ccc(F)c(Cl)c1)c1cc(F)nc(NS(=O)(=O)c2ccccc2)c1.O=C(Nc1ccc(F)c(Cl)c1)c1ccnc(NS(=O)(=O)Cc2ccccc2)c1. The first-order valence-electron chi connectivity index (χ1n) is 30.6. The molecule has 2 aliphatic rings. The predicted molar refractivity (Wildman–Crippen MR) is 390 cm³/mol.